The van der Waals surface area contributed by atoms with Gasteiger partial charge in [-0.2, -0.15) is 5.26 Å². The number of hydrogen-bond acceptors (Lipinski definition) is 14. The Kier molecular flexibility index (Phi) is 11.0. The summed E-state index contributed by atoms with van der Waals surface area (Å²) in [7, 11) is 0. The standard InChI is InChI=1S/C10H11NO3.C8H7NO3.C8H5NO2.C8H6O3/c1-2-12-10(11)7-3-4-8-9(5-7)14-6-13-8;10-9-4-6-1-2-7-8(3-6)12-5-11-7;2*9-4-6-1-2-7-8(3-6)11-5-10-7/h3-5,11H,2,6H2,1H3;1-4,10H,5H2;1-3H,5H2;1-4H,5H2/b;9-4+;;. The molecule has 4 heterocycles. The number of benzene rings is 4. The Morgan fingerprint density at radius 1 is 0.729 bits per heavy atom. The van der Waals surface area contributed by atoms with E-state index in [0.717, 1.165) is 23.3 Å². The largest absolute Gasteiger partial charge is 0.478 e. The third-order valence-electron chi connectivity index (χ3n) is 6.56. The molecule has 8 rings (SSSR count). The molecule has 4 aromatic rings. The van der Waals surface area contributed by atoms with Crippen LogP contribution in [0, 0.1) is 16.7 Å². The molecule has 0 saturated carbocycles. The van der Waals surface area contributed by atoms with Gasteiger partial charge in [0.25, 0.3) is 0 Å². The third kappa shape index (κ3) is 8.34. The van der Waals surface area contributed by atoms with Crippen LogP contribution in [-0.4, -0.2) is 57.4 Å². The average Bonchev–Trinajstić information content (AvgIpc) is 3.95. The lowest BCUT2D eigenvalue weighted by molar-refractivity contribution is 0.112. The molecule has 0 aromatic heterocycles. The molecule has 0 fully saturated rings. The van der Waals surface area contributed by atoms with Crippen LogP contribution in [0.3, 0.4) is 0 Å². The second kappa shape index (κ2) is 16.1. The lowest BCUT2D eigenvalue weighted by Gasteiger charge is -2.05. The second-order valence-corrected chi connectivity index (χ2v) is 9.60. The number of ether oxygens (including phenoxy) is 9. The lowest BCUT2D eigenvalue weighted by Crippen LogP contribution is -2.04. The van der Waals surface area contributed by atoms with Crippen LogP contribution in [0.5, 0.6) is 46.0 Å². The summed E-state index contributed by atoms with van der Waals surface area (Å²) >= 11 is 0. The molecule has 0 aliphatic carbocycles. The number of hydrogen-bond donors (Lipinski definition) is 2. The van der Waals surface area contributed by atoms with Crippen LogP contribution < -0.4 is 37.9 Å². The smallest absolute Gasteiger partial charge is 0.231 e. The van der Waals surface area contributed by atoms with E-state index in [1.54, 1.807) is 72.8 Å². The molecule has 2 N–H and O–H groups in total. The van der Waals surface area contributed by atoms with Crippen molar-refractivity contribution >= 4 is 18.4 Å². The number of nitrogens with zero attached hydrogens (tertiary/aromatic N) is 2. The fourth-order valence-corrected chi connectivity index (χ4v) is 4.28. The summed E-state index contributed by atoms with van der Waals surface area (Å²) in [4.78, 5) is 10.3. The molecule has 4 aliphatic heterocycles. The zero-order chi connectivity index (χ0) is 33.7. The van der Waals surface area contributed by atoms with Crippen molar-refractivity contribution in [1.29, 1.82) is 10.7 Å². The quantitative estimate of drug-likeness (QED) is 0.0926. The first-order chi connectivity index (χ1) is 23.5. The summed E-state index contributed by atoms with van der Waals surface area (Å²) in [6.07, 6.45) is 2.11. The topological polar surface area (TPSA) is 180 Å². The normalized spacial score (nSPS) is 13.1. The van der Waals surface area contributed by atoms with Crippen LogP contribution in [-0.2, 0) is 4.74 Å². The first-order valence-electron chi connectivity index (χ1n) is 14.3. The van der Waals surface area contributed by atoms with Gasteiger partial charge in [-0.15, -0.1) is 0 Å². The molecule has 0 amide bonds. The van der Waals surface area contributed by atoms with Crippen molar-refractivity contribution in [2.75, 3.05) is 33.8 Å². The van der Waals surface area contributed by atoms with Crippen molar-refractivity contribution in [3.05, 3.63) is 95.1 Å². The zero-order valence-electron chi connectivity index (χ0n) is 25.5. The van der Waals surface area contributed by atoms with Crippen molar-refractivity contribution in [3.63, 3.8) is 0 Å². The van der Waals surface area contributed by atoms with Gasteiger partial charge in [0.1, 0.15) is 6.29 Å². The highest BCUT2D eigenvalue weighted by atomic mass is 16.7. The van der Waals surface area contributed by atoms with Crippen LogP contribution in [0.1, 0.15) is 34.0 Å². The highest BCUT2D eigenvalue weighted by molar-refractivity contribution is 5.92. The fourth-order valence-electron chi connectivity index (χ4n) is 4.28. The molecule has 0 saturated heterocycles. The third-order valence-corrected chi connectivity index (χ3v) is 6.56. The number of carbonyl (C=O) groups is 1. The van der Waals surface area contributed by atoms with Gasteiger partial charge in [-0.25, -0.2) is 0 Å². The number of carbonyl (C=O) groups excluding carboxylic acids is 1. The van der Waals surface area contributed by atoms with Crippen molar-refractivity contribution in [3.8, 4) is 52.1 Å². The predicted octanol–water partition coefficient (Wildman–Crippen LogP) is 5.52. The Morgan fingerprint density at radius 3 is 1.71 bits per heavy atom. The van der Waals surface area contributed by atoms with Crippen molar-refractivity contribution in [1.82, 2.24) is 0 Å². The summed E-state index contributed by atoms with van der Waals surface area (Å²) in [6.45, 7) is 3.35. The van der Waals surface area contributed by atoms with E-state index in [9.17, 15) is 4.79 Å². The molecule has 14 nitrogen and oxygen atoms in total. The van der Waals surface area contributed by atoms with E-state index in [0.29, 0.717) is 57.8 Å². The monoisotopic (exact) mass is 655 g/mol. The molecule has 14 heteroatoms. The maximum absolute atomic E-state index is 10.3. The minimum absolute atomic E-state index is 0.158. The van der Waals surface area contributed by atoms with Crippen LogP contribution >= 0.6 is 0 Å². The Balaban J connectivity index is 0.000000126. The Labute approximate surface area is 274 Å². The maximum Gasteiger partial charge on any atom is 0.231 e. The minimum atomic E-state index is 0.158. The van der Waals surface area contributed by atoms with E-state index < -0.39 is 0 Å². The van der Waals surface area contributed by atoms with Crippen molar-refractivity contribution in [2.24, 2.45) is 5.16 Å². The summed E-state index contributed by atoms with van der Waals surface area (Å²) < 4.78 is 45.9. The fraction of sp³-hybridized carbons (Fsp3) is 0.176. The zero-order valence-corrected chi connectivity index (χ0v) is 25.5. The van der Waals surface area contributed by atoms with Gasteiger partial charge < -0.3 is 47.8 Å². The Bertz CT molecular complexity index is 1840. The molecule has 0 unspecified atom stereocenters. The maximum atomic E-state index is 10.3. The van der Waals surface area contributed by atoms with Gasteiger partial charge in [0.2, 0.25) is 33.1 Å². The first-order valence-corrected chi connectivity index (χ1v) is 14.3. The molecule has 0 atom stereocenters. The summed E-state index contributed by atoms with van der Waals surface area (Å²) in [5.41, 5.74) is 2.68. The molecule has 4 aromatic carbocycles. The van der Waals surface area contributed by atoms with E-state index in [1.807, 2.05) is 13.0 Å². The summed E-state index contributed by atoms with van der Waals surface area (Å²) in [5.74, 6) is 5.69. The first kappa shape index (κ1) is 32.8. The minimum Gasteiger partial charge on any atom is -0.478 e. The van der Waals surface area contributed by atoms with Crippen LogP contribution in [0.25, 0.3) is 0 Å². The number of nitrogens with one attached hydrogen (secondary N) is 1. The highest BCUT2D eigenvalue weighted by Gasteiger charge is 2.16. The number of nitriles is 1. The predicted molar refractivity (Wildman–Crippen MR) is 168 cm³/mol. The van der Waals surface area contributed by atoms with E-state index in [2.05, 4.69) is 5.16 Å². The highest BCUT2D eigenvalue weighted by Crippen LogP contribution is 2.34. The molecule has 0 bridgehead atoms. The average molecular weight is 656 g/mol. The van der Waals surface area contributed by atoms with Crippen molar-refractivity contribution < 1.29 is 52.6 Å². The van der Waals surface area contributed by atoms with Gasteiger partial charge >= 0.3 is 0 Å². The number of oxime groups is 1. The van der Waals surface area contributed by atoms with Gasteiger partial charge in [-0.1, -0.05) is 5.16 Å². The van der Waals surface area contributed by atoms with Crippen LogP contribution in [0.2, 0.25) is 0 Å². The van der Waals surface area contributed by atoms with Crippen LogP contribution in [0.15, 0.2) is 78.0 Å². The lowest BCUT2D eigenvalue weighted by atomic mass is 10.2. The van der Waals surface area contributed by atoms with Gasteiger partial charge in [0.15, 0.2) is 46.0 Å². The van der Waals surface area contributed by atoms with E-state index in [1.165, 1.54) is 6.21 Å². The van der Waals surface area contributed by atoms with Gasteiger partial charge in [0, 0.05) is 22.8 Å². The van der Waals surface area contributed by atoms with E-state index in [-0.39, 0.29) is 33.1 Å². The Hall–Kier alpha value is -6.62. The van der Waals surface area contributed by atoms with Gasteiger partial charge in [-0.05, 0) is 73.7 Å². The molecule has 246 valence electrons. The van der Waals surface area contributed by atoms with Crippen molar-refractivity contribution in [2.45, 2.75) is 6.92 Å². The molecular formula is C34H29N3O11. The van der Waals surface area contributed by atoms with Gasteiger partial charge in [0.05, 0.1) is 24.5 Å². The molecule has 0 spiro atoms. The number of rotatable bonds is 4. The van der Waals surface area contributed by atoms with E-state index >= 15 is 0 Å². The van der Waals surface area contributed by atoms with E-state index in [4.69, 9.17) is 58.5 Å². The number of aldehydes is 1. The Morgan fingerprint density at radius 2 is 1.19 bits per heavy atom. The molecular weight excluding hydrogens is 626 g/mol. The van der Waals surface area contributed by atoms with Gasteiger partial charge in [-0.3, -0.25) is 10.2 Å². The van der Waals surface area contributed by atoms with Crippen LogP contribution in [0.4, 0.5) is 0 Å². The summed E-state index contributed by atoms with van der Waals surface area (Å²) in [5, 5.41) is 27.3. The second-order valence-electron chi connectivity index (χ2n) is 9.60. The summed E-state index contributed by atoms with van der Waals surface area (Å²) in [6, 6.07) is 22.8. The molecule has 0 radical (unpaired) electrons. The SMILES string of the molecule is CCOC(=N)c1ccc2c(c1)OCO2.N#Cc1ccc2c(c1)OCO2.O/N=C/c1ccc2c(c1)OCO2.O=Cc1ccc2c(c1)OCO2. The molecule has 48 heavy (non-hydrogen) atoms. The number of fused-ring (bicyclic) bond motifs is 4. The molecule has 4 aliphatic rings.